The Labute approximate surface area is 96.6 Å². The van der Waals surface area contributed by atoms with Gasteiger partial charge in [0.15, 0.2) is 5.69 Å². The van der Waals surface area contributed by atoms with E-state index in [1.54, 1.807) is 24.5 Å². The van der Waals surface area contributed by atoms with E-state index in [4.69, 9.17) is 16.7 Å². The van der Waals surface area contributed by atoms with Gasteiger partial charge in [-0.15, -0.1) is 0 Å². The van der Waals surface area contributed by atoms with Crippen LogP contribution < -0.4 is 0 Å². The molecule has 5 heteroatoms. The molecule has 0 aliphatic heterocycles. The third kappa shape index (κ3) is 2.01. The van der Waals surface area contributed by atoms with Crippen LogP contribution in [0.2, 0.25) is 5.02 Å². The molecule has 0 aromatic carbocycles. The fourth-order valence-corrected chi connectivity index (χ4v) is 1.53. The van der Waals surface area contributed by atoms with Crippen LogP contribution in [0.3, 0.4) is 0 Å². The Bertz CT molecular complexity index is 529. The van der Waals surface area contributed by atoms with Crippen LogP contribution in [0.15, 0.2) is 36.8 Å². The van der Waals surface area contributed by atoms with Crippen molar-refractivity contribution in [3.63, 3.8) is 0 Å². The normalized spacial score (nSPS) is 10.1. The molecule has 2 heterocycles. The van der Waals surface area contributed by atoms with Crippen molar-refractivity contribution in [3.8, 4) is 11.1 Å². The number of nitrogens with zero attached hydrogens (tertiary/aromatic N) is 2. The number of hydrogen-bond donors (Lipinski definition) is 1. The Kier molecular flexibility index (Phi) is 2.83. The Morgan fingerprint density at radius 3 is 2.69 bits per heavy atom. The van der Waals surface area contributed by atoms with Gasteiger partial charge >= 0.3 is 5.97 Å². The summed E-state index contributed by atoms with van der Waals surface area (Å²) in [6, 6.07) is 5.20. The molecule has 0 amide bonds. The SMILES string of the molecule is O=C(O)c1ncc(-c2cccnc2)cc1Cl. The first-order valence-electron chi connectivity index (χ1n) is 4.47. The smallest absolute Gasteiger partial charge is 0.356 e. The van der Waals surface area contributed by atoms with Crippen LogP contribution in [-0.4, -0.2) is 21.0 Å². The number of aromatic carboxylic acids is 1. The van der Waals surface area contributed by atoms with E-state index in [9.17, 15) is 4.79 Å². The van der Waals surface area contributed by atoms with Gasteiger partial charge in [0, 0.05) is 29.7 Å². The number of rotatable bonds is 2. The number of carbonyl (C=O) groups is 1. The summed E-state index contributed by atoms with van der Waals surface area (Å²) in [5, 5.41) is 8.89. The van der Waals surface area contributed by atoms with E-state index in [1.165, 1.54) is 6.20 Å². The second-order valence-electron chi connectivity index (χ2n) is 3.10. The molecule has 0 saturated carbocycles. The van der Waals surface area contributed by atoms with Crippen LogP contribution in [0, 0.1) is 0 Å². The lowest BCUT2D eigenvalue weighted by molar-refractivity contribution is 0.0691. The molecule has 0 bridgehead atoms. The predicted octanol–water partition coefficient (Wildman–Crippen LogP) is 2.50. The zero-order valence-corrected chi connectivity index (χ0v) is 8.85. The van der Waals surface area contributed by atoms with E-state index >= 15 is 0 Å². The van der Waals surface area contributed by atoms with E-state index in [2.05, 4.69) is 9.97 Å². The van der Waals surface area contributed by atoms with Gasteiger partial charge in [-0.25, -0.2) is 9.78 Å². The molecule has 1 N–H and O–H groups in total. The largest absolute Gasteiger partial charge is 0.476 e. The minimum absolute atomic E-state index is 0.119. The molecule has 0 fully saturated rings. The van der Waals surface area contributed by atoms with Crippen molar-refractivity contribution in [2.75, 3.05) is 0 Å². The van der Waals surface area contributed by atoms with Crippen LogP contribution in [0.4, 0.5) is 0 Å². The Morgan fingerprint density at radius 2 is 2.12 bits per heavy atom. The summed E-state index contributed by atoms with van der Waals surface area (Å²) in [4.78, 5) is 18.5. The summed E-state index contributed by atoms with van der Waals surface area (Å²) in [5.74, 6) is -1.14. The molecule has 0 radical (unpaired) electrons. The molecule has 0 unspecified atom stereocenters. The van der Waals surface area contributed by atoms with E-state index in [0.29, 0.717) is 0 Å². The van der Waals surface area contributed by atoms with Gasteiger partial charge in [0.1, 0.15) is 0 Å². The number of aromatic nitrogens is 2. The van der Waals surface area contributed by atoms with Crippen LogP contribution in [0.5, 0.6) is 0 Å². The zero-order valence-electron chi connectivity index (χ0n) is 8.09. The van der Waals surface area contributed by atoms with Gasteiger partial charge in [0.25, 0.3) is 0 Å². The zero-order chi connectivity index (χ0) is 11.5. The summed E-state index contributed by atoms with van der Waals surface area (Å²) in [7, 11) is 0. The van der Waals surface area contributed by atoms with Crippen molar-refractivity contribution < 1.29 is 9.90 Å². The molecule has 0 aliphatic rings. The lowest BCUT2D eigenvalue weighted by atomic mass is 10.1. The van der Waals surface area contributed by atoms with Gasteiger partial charge in [0.2, 0.25) is 0 Å². The summed E-state index contributed by atoms with van der Waals surface area (Å²) in [6.45, 7) is 0. The summed E-state index contributed by atoms with van der Waals surface area (Å²) >= 11 is 5.81. The van der Waals surface area contributed by atoms with Crippen molar-refractivity contribution in [1.82, 2.24) is 9.97 Å². The van der Waals surface area contributed by atoms with Crippen molar-refractivity contribution in [2.45, 2.75) is 0 Å². The van der Waals surface area contributed by atoms with Gasteiger partial charge in [-0.2, -0.15) is 0 Å². The highest BCUT2D eigenvalue weighted by Crippen LogP contribution is 2.22. The molecule has 0 saturated heterocycles. The maximum absolute atomic E-state index is 10.7. The second-order valence-corrected chi connectivity index (χ2v) is 3.51. The Morgan fingerprint density at radius 1 is 1.31 bits per heavy atom. The maximum atomic E-state index is 10.7. The fraction of sp³-hybridized carbons (Fsp3) is 0. The van der Waals surface area contributed by atoms with Gasteiger partial charge in [-0.1, -0.05) is 17.7 Å². The van der Waals surface area contributed by atoms with E-state index < -0.39 is 5.97 Å². The first kappa shape index (κ1) is 10.6. The first-order valence-corrected chi connectivity index (χ1v) is 4.85. The molecule has 2 rings (SSSR count). The molecule has 0 spiro atoms. The third-order valence-corrected chi connectivity index (χ3v) is 2.33. The average Bonchev–Trinajstić information content (AvgIpc) is 2.29. The number of carboxylic acid groups (broad SMARTS) is 1. The topological polar surface area (TPSA) is 63.1 Å². The summed E-state index contributed by atoms with van der Waals surface area (Å²) < 4.78 is 0. The minimum atomic E-state index is -1.14. The van der Waals surface area contributed by atoms with Gasteiger partial charge in [-0.05, 0) is 12.1 Å². The highest BCUT2D eigenvalue weighted by atomic mass is 35.5. The summed E-state index contributed by atoms with van der Waals surface area (Å²) in [6.07, 6.45) is 4.78. The molecule has 2 aromatic heterocycles. The molecule has 0 atom stereocenters. The predicted molar refractivity (Wildman–Crippen MR) is 59.4 cm³/mol. The molecule has 2 aromatic rings. The highest BCUT2D eigenvalue weighted by molar-refractivity contribution is 6.33. The fourth-order valence-electron chi connectivity index (χ4n) is 1.29. The van der Waals surface area contributed by atoms with Crippen LogP contribution in [0.1, 0.15) is 10.5 Å². The van der Waals surface area contributed by atoms with Crippen molar-refractivity contribution in [1.29, 1.82) is 0 Å². The molecular formula is C11H7ClN2O2. The number of carboxylic acids is 1. The van der Waals surface area contributed by atoms with Crippen LogP contribution in [0.25, 0.3) is 11.1 Å². The molecule has 16 heavy (non-hydrogen) atoms. The van der Waals surface area contributed by atoms with Crippen molar-refractivity contribution in [3.05, 3.63) is 47.5 Å². The van der Waals surface area contributed by atoms with Crippen LogP contribution in [-0.2, 0) is 0 Å². The Balaban J connectivity index is 2.46. The Hall–Kier alpha value is -1.94. The second kappa shape index (κ2) is 4.28. The number of hydrogen-bond acceptors (Lipinski definition) is 3. The van der Waals surface area contributed by atoms with Gasteiger partial charge in [0.05, 0.1) is 5.02 Å². The highest BCUT2D eigenvalue weighted by Gasteiger charge is 2.11. The van der Waals surface area contributed by atoms with Crippen molar-refractivity contribution in [2.24, 2.45) is 0 Å². The lowest BCUT2D eigenvalue weighted by Crippen LogP contribution is -2.01. The third-order valence-electron chi connectivity index (χ3n) is 2.04. The van der Waals surface area contributed by atoms with Crippen LogP contribution >= 0.6 is 11.6 Å². The quantitative estimate of drug-likeness (QED) is 0.867. The first-order chi connectivity index (χ1) is 7.68. The monoisotopic (exact) mass is 234 g/mol. The maximum Gasteiger partial charge on any atom is 0.356 e. The molecule has 0 aliphatic carbocycles. The molecule has 80 valence electrons. The summed E-state index contributed by atoms with van der Waals surface area (Å²) in [5.41, 5.74) is 1.44. The lowest BCUT2D eigenvalue weighted by Gasteiger charge is -2.02. The number of pyridine rings is 2. The molecular weight excluding hydrogens is 228 g/mol. The van der Waals surface area contributed by atoms with E-state index in [1.807, 2.05) is 6.07 Å². The van der Waals surface area contributed by atoms with Gasteiger partial charge in [-0.3, -0.25) is 4.98 Å². The molecule has 4 nitrogen and oxygen atoms in total. The standard InChI is InChI=1S/C11H7ClN2O2/c12-9-4-8(6-14-10(9)11(15)16)7-2-1-3-13-5-7/h1-6H,(H,15,16). The average molecular weight is 235 g/mol. The van der Waals surface area contributed by atoms with E-state index in [-0.39, 0.29) is 10.7 Å². The van der Waals surface area contributed by atoms with Gasteiger partial charge < -0.3 is 5.11 Å². The minimum Gasteiger partial charge on any atom is -0.476 e. The van der Waals surface area contributed by atoms with Crippen molar-refractivity contribution >= 4 is 17.6 Å². The van der Waals surface area contributed by atoms with E-state index in [0.717, 1.165) is 11.1 Å². The number of halogens is 1.